The Labute approximate surface area is 110 Å². The zero-order valence-corrected chi connectivity index (χ0v) is 10.7. The van der Waals surface area contributed by atoms with Crippen LogP contribution in [0.4, 0.5) is 0 Å². The van der Waals surface area contributed by atoms with Gasteiger partial charge in [-0.2, -0.15) is 0 Å². The van der Waals surface area contributed by atoms with Gasteiger partial charge in [-0.25, -0.2) is 9.97 Å². The second-order valence-electron chi connectivity index (χ2n) is 4.75. The number of hydrogen-bond acceptors (Lipinski definition) is 4. The summed E-state index contributed by atoms with van der Waals surface area (Å²) in [7, 11) is 0. The zero-order chi connectivity index (χ0) is 13.2. The van der Waals surface area contributed by atoms with Crippen molar-refractivity contribution in [1.82, 2.24) is 24.8 Å². The molecule has 0 bridgehead atoms. The SMILES string of the molecule is Cc1cn2c(n1)CCC(NC(=O)c1cnccn1)C2. The third kappa shape index (κ3) is 2.47. The highest BCUT2D eigenvalue weighted by Crippen LogP contribution is 2.15. The number of hydrogen-bond donors (Lipinski definition) is 1. The maximum atomic E-state index is 12.0. The Kier molecular flexibility index (Phi) is 2.98. The Balaban J connectivity index is 1.68. The molecule has 0 fully saturated rings. The molecule has 1 N–H and O–H groups in total. The van der Waals surface area contributed by atoms with Crippen LogP contribution in [0.25, 0.3) is 0 Å². The summed E-state index contributed by atoms with van der Waals surface area (Å²) in [4.78, 5) is 24.3. The average molecular weight is 257 g/mol. The van der Waals surface area contributed by atoms with Crippen LogP contribution in [0.5, 0.6) is 0 Å². The fraction of sp³-hybridized carbons (Fsp3) is 0.385. The smallest absolute Gasteiger partial charge is 0.271 e. The van der Waals surface area contributed by atoms with Crippen LogP contribution in [-0.2, 0) is 13.0 Å². The second-order valence-corrected chi connectivity index (χ2v) is 4.75. The third-order valence-corrected chi connectivity index (χ3v) is 3.24. The van der Waals surface area contributed by atoms with Gasteiger partial charge >= 0.3 is 0 Å². The molecule has 1 aliphatic heterocycles. The number of carbonyl (C=O) groups is 1. The topological polar surface area (TPSA) is 72.7 Å². The third-order valence-electron chi connectivity index (χ3n) is 3.24. The fourth-order valence-corrected chi connectivity index (χ4v) is 2.38. The maximum Gasteiger partial charge on any atom is 0.271 e. The van der Waals surface area contributed by atoms with Gasteiger partial charge in [0.2, 0.25) is 0 Å². The van der Waals surface area contributed by atoms with E-state index in [0.717, 1.165) is 30.9 Å². The molecule has 98 valence electrons. The van der Waals surface area contributed by atoms with E-state index in [2.05, 4.69) is 24.8 Å². The Morgan fingerprint density at radius 1 is 1.47 bits per heavy atom. The molecule has 3 rings (SSSR count). The van der Waals surface area contributed by atoms with Gasteiger partial charge in [-0.15, -0.1) is 0 Å². The van der Waals surface area contributed by atoms with Crippen molar-refractivity contribution in [3.05, 3.63) is 42.0 Å². The number of amides is 1. The van der Waals surface area contributed by atoms with Crippen molar-refractivity contribution >= 4 is 5.91 Å². The van der Waals surface area contributed by atoms with E-state index in [4.69, 9.17) is 0 Å². The number of aryl methyl sites for hydroxylation is 2. The molecule has 3 heterocycles. The summed E-state index contributed by atoms with van der Waals surface area (Å²) >= 11 is 0. The first kappa shape index (κ1) is 11.8. The molecule has 0 saturated heterocycles. The molecule has 19 heavy (non-hydrogen) atoms. The summed E-state index contributed by atoms with van der Waals surface area (Å²) < 4.78 is 2.11. The van der Waals surface area contributed by atoms with Gasteiger partial charge in [0.15, 0.2) is 0 Å². The van der Waals surface area contributed by atoms with Crippen molar-refractivity contribution in [3.8, 4) is 0 Å². The van der Waals surface area contributed by atoms with Crippen LogP contribution in [0.1, 0.15) is 28.4 Å². The Hall–Kier alpha value is -2.24. The second kappa shape index (κ2) is 4.79. The van der Waals surface area contributed by atoms with Crippen LogP contribution in [0.15, 0.2) is 24.8 Å². The molecule has 1 atom stereocenters. The van der Waals surface area contributed by atoms with Crippen molar-refractivity contribution < 1.29 is 4.79 Å². The van der Waals surface area contributed by atoms with Gasteiger partial charge in [-0.1, -0.05) is 0 Å². The number of carbonyl (C=O) groups excluding carboxylic acids is 1. The Morgan fingerprint density at radius 3 is 3.16 bits per heavy atom. The van der Waals surface area contributed by atoms with Crippen LogP contribution >= 0.6 is 0 Å². The Bertz CT molecular complexity index is 592. The number of imidazole rings is 1. The van der Waals surface area contributed by atoms with Crippen LogP contribution in [-0.4, -0.2) is 31.5 Å². The van der Waals surface area contributed by atoms with Crippen LogP contribution in [0.3, 0.4) is 0 Å². The molecule has 1 aliphatic rings. The van der Waals surface area contributed by atoms with Gasteiger partial charge < -0.3 is 9.88 Å². The lowest BCUT2D eigenvalue weighted by molar-refractivity contribution is 0.0922. The summed E-state index contributed by atoms with van der Waals surface area (Å²) in [5, 5.41) is 3.00. The van der Waals surface area contributed by atoms with Gasteiger partial charge in [0.05, 0.1) is 11.9 Å². The molecule has 2 aromatic rings. The minimum Gasteiger partial charge on any atom is -0.346 e. The molecule has 1 unspecified atom stereocenters. The monoisotopic (exact) mass is 257 g/mol. The van der Waals surface area contributed by atoms with E-state index in [0.29, 0.717) is 5.69 Å². The standard InChI is InChI=1S/C13H15N5O/c1-9-7-18-8-10(2-3-12(18)16-9)17-13(19)11-6-14-4-5-15-11/h4-7,10H,2-3,8H2,1H3,(H,17,19). The van der Waals surface area contributed by atoms with Gasteiger partial charge in [-0.05, 0) is 13.3 Å². The summed E-state index contributed by atoms with van der Waals surface area (Å²) in [6.07, 6.45) is 8.37. The highest BCUT2D eigenvalue weighted by atomic mass is 16.1. The van der Waals surface area contributed by atoms with Crippen LogP contribution in [0.2, 0.25) is 0 Å². The normalized spacial score (nSPS) is 17.8. The van der Waals surface area contributed by atoms with E-state index < -0.39 is 0 Å². The van der Waals surface area contributed by atoms with Crippen molar-refractivity contribution in [2.45, 2.75) is 32.4 Å². The summed E-state index contributed by atoms with van der Waals surface area (Å²) in [5.74, 6) is 0.931. The number of fused-ring (bicyclic) bond motifs is 1. The first-order valence-electron chi connectivity index (χ1n) is 6.32. The van der Waals surface area contributed by atoms with E-state index in [9.17, 15) is 4.79 Å². The molecule has 0 saturated carbocycles. The predicted octanol–water partition coefficient (Wildman–Crippen LogP) is 0.726. The quantitative estimate of drug-likeness (QED) is 0.860. The van der Waals surface area contributed by atoms with Gasteiger partial charge in [-0.3, -0.25) is 9.78 Å². The van der Waals surface area contributed by atoms with Crippen LogP contribution in [0, 0.1) is 6.92 Å². The lowest BCUT2D eigenvalue weighted by atomic mass is 10.1. The lowest BCUT2D eigenvalue weighted by Gasteiger charge is -2.24. The summed E-state index contributed by atoms with van der Waals surface area (Å²) in [6.45, 7) is 2.75. The van der Waals surface area contributed by atoms with E-state index in [-0.39, 0.29) is 11.9 Å². The number of rotatable bonds is 2. The van der Waals surface area contributed by atoms with E-state index in [1.165, 1.54) is 12.4 Å². The first-order valence-corrected chi connectivity index (χ1v) is 6.32. The lowest BCUT2D eigenvalue weighted by Crippen LogP contribution is -2.41. The first-order chi connectivity index (χ1) is 9.22. The highest BCUT2D eigenvalue weighted by molar-refractivity contribution is 5.92. The van der Waals surface area contributed by atoms with E-state index >= 15 is 0 Å². The fourth-order valence-electron chi connectivity index (χ4n) is 2.38. The molecule has 0 radical (unpaired) electrons. The van der Waals surface area contributed by atoms with Gasteiger partial charge in [0.1, 0.15) is 11.5 Å². The van der Waals surface area contributed by atoms with Crippen molar-refractivity contribution in [1.29, 1.82) is 0 Å². The van der Waals surface area contributed by atoms with Crippen molar-refractivity contribution in [2.75, 3.05) is 0 Å². The molecule has 0 spiro atoms. The molecule has 6 nitrogen and oxygen atoms in total. The molecule has 6 heteroatoms. The van der Waals surface area contributed by atoms with E-state index in [1.807, 2.05) is 13.1 Å². The Morgan fingerprint density at radius 2 is 2.37 bits per heavy atom. The molecule has 0 aromatic carbocycles. The maximum absolute atomic E-state index is 12.0. The summed E-state index contributed by atoms with van der Waals surface area (Å²) in [5.41, 5.74) is 1.38. The molecule has 1 amide bonds. The van der Waals surface area contributed by atoms with Crippen molar-refractivity contribution in [2.24, 2.45) is 0 Å². The van der Waals surface area contributed by atoms with Crippen molar-refractivity contribution in [3.63, 3.8) is 0 Å². The van der Waals surface area contributed by atoms with E-state index in [1.54, 1.807) is 6.20 Å². The van der Waals surface area contributed by atoms with Gasteiger partial charge in [0.25, 0.3) is 5.91 Å². The molecular formula is C13H15N5O. The number of aromatic nitrogens is 4. The molecule has 2 aromatic heterocycles. The number of nitrogens with zero attached hydrogens (tertiary/aromatic N) is 4. The highest BCUT2D eigenvalue weighted by Gasteiger charge is 2.21. The zero-order valence-electron chi connectivity index (χ0n) is 10.7. The summed E-state index contributed by atoms with van der Waals surface area (Å²) in [6, 6.07) is 0.121. The minimum absolute atomic E-state index is 0.121. The molecular weight excluding hydrogens is 242 g/mol. The van der Waals surface area contributed by atoms with Crippen LogP contribution < -0.4 is 5.32 Å². The number of nitrogens with one attached hydrogen (secondary N) is 1. The predicted molar refractivity (Wildman–Crippen MR) is 68.6 cm³/mol. The minimum atomic E-state index is -0.168. The average Bonchev–Trinajstić information content (AvgIpc) is 2.79. The largest absolute Gasteiger partial charge is 0.346 e. The molecule has 0 aliphatic carbocycles. The van der Waals surface area contributed by atoms with Gasteiger partial charge in [0, 0.05) is 37.6 Å².